The number of imidazole rings is 1. The zero-order valence-electron chi connectivity index (χ0n) is 10.2. The first kappa shape index (κ1) is 12.3. The van der Waals surface area contributed by atoms with Gasteiger partial charge < -0.3 is 4.57 Å². The number of hydrogen-bond donors (Lipinski definition) is 0. The topological polar surface area (TPSA) is 47.2 Å². The minimum atomic E-state index is -0.349. The van der Waals surface area contributed by atoms with Gasteiger partial charge in [-0.2, -0.15) is 4.99 Å². The van der Waals surface area contributed by atoms with Crippen LogP contribution >= 0.6 is 15.9 Å². The van der Waals surface area contributed by atoms with Gasteiger partial charge >= 0.3 is 0 Å². The van der Waals surface area contributed by atoms with Gasteiger partial charge in [-0.15, -0.1) is 0 Å². The van der Waals surface area contributed by atoms with E-state index in [-0.39, 0.29) is 5.54 Å². The molecule has 0 N–H and O–H groups in total. The Hall–Kier alpha value is -1.71. The number of aliphatic imine (C=N–C) groups is 1. The molecule has 19 heavy (non-hydrogen) atoms. The number of hydrogen-bond acceptors (Lipinski definition) is 3. The molecule has 0 radical (unpaired) electrons. The van der Waals surface area contributed by atoms with Gasteiger partial charge in [0.25, 0.3) is 0 Å². The molecule has 0 amide bonds. The molecular weight excluding hydrogens is 306 g/mol. The van der Waals surface area contributed by atoms with Crippen LogP contribution in [0.3, 0.4) is 0 Å². The first-order chi connectivity index (χ1) is 9.25. The Morgan fingerprint density at radius 1 is 1.42 bits per heavy atom. The van der Waals surface area contributed by atoms with Crippen LogP contribution in [-0.4, -0.2) is 15.6 Å². The lowest BCUT2D eigenvalue weighted by Gasteiger charge is -2.37. The molecule has 0 unspecified atom stereocenters. The summed E-state index contributed by atoms with van der Waals surface area (Å²) in [6.07, 6.45) is 10.0. The van der Waals surface area contributed by atoms with Crippen LogP contribution in [0.15, 0.2) is 46.4 Å². The van der Waals surface area contributed by atoms with E-state index in [9.17, 15) is 4.79 Å². The smallest absolute Gasteiger partial charge is 0.235 e. The lowest BCUT2D eigenvalue weighted by molar-refractivity contribution is 0.256. The van der Waals surface area contributed by atoms with Crippen LogP contribution in [0.5, 0.6) is 0 Å². The Bertz CT molecular complexity index is 641. The zero-order valence-corrected chi connectivity index (χ0v) is 11.8. The fraction of sp³-hybridized carbons (Fsp3) is 0.286. The standard InChI is InChI=1S/C14H12BrN3O/c15-12-8-11(14(17-10-19)4-1-5-14)2-3-13(12)18-7-6-16-9-18/h2-3,6-9H,1,4-5H2. The van der Waals surface area contributed by atoms with Crippen molar-refractivity contribution < 1.29 is 4.79 Å². The fourth-order valence-corrected chi connectivity index (χ4v) is 3.05. The summed E-state index contributed by atoms with van der Waals surface area (Å²) in [5.74, 6) is 0. The number of benzene rings is 1. The predicted molar refractivity (Wildman–Crippen MR) is 74.9 cm³/mol. The highest BCUT2D eigenvalue weighted by molar-refractivity contribution is 9.10. The maximum absolute atomic E-state index is 10.6. The van der Waals surface area contributed by atoms with Crippen molar-refractivity contribution >= 4 is 22.0 Å². The second-order valence-corrected chi connectivity index (χ2v) is 5.58. The highest BCUT2D eigenvalue weighted by Crippen LogP contribution is 2.45. The summed E-state index contributed by atoms with van der Waals surface area (Å²) in [5.41, 5.74) is 1.74. The summed E-state index contributed by atoms with van der Waals surface area (Å²) in [6, 6.07) is 6.08. The number of nitrogens with zero attached hydrogens (tertiary/aromatic N) is 3. The first-order valence-electron chi connectivity index (χ1n) is 6.13. The summed E-state index contributed by atoms with van der Waals surface area (Å²) in [6.45, 7) is 0. The molecule has 0 aliphatic heterocycles. The Labute approximate surface area is 119 Å². The third kappa shape index (κ3) is 2.05. The summed E-state index contributed by atoms with van der Waals surface area (Å²) in [4.78, 5) is 18.7. The minimum Gasteiger partial charge on any atom is -0.305 e. The van der Waals surface area contributed by atoms with Crippen LogP contribution in [0.1, 0.15) is 24.8 Å². The summed E-state index contributed by atoms with van der Waals surface area (Å²) < 4.78 is 2.90. The quantitative estimate of drug-likeness (QED) is 0.643. The minimum absolute atomic E-state index is 0.349. The number of carbonyl (C=O) groups excluding carboxylic acids is 1. The van der Waals surface area contributed by atoms with Gasteiger partial charge in [0.05, 0.1) is 17.6 Å². The van der Waals surface area contributed by atoms with Crippen LogP contribution in [0.2, 0.25) is 0 Å². The van der Waals surface area contributed by atoms with Crippen molar-refractivity contribution in [1.82, 2.24) is 9.55 Å². The Morgan fingerprint density at radius 3 is 2.79 bits per heavy atom. The van der Waals surface area contributed by atoms with Crippen molar-refractivity contribution in [2.45, 2.75) is 24.8 Å². The molecule has 4 nitrogen and oxygen atoms in total. The van der Waals surface area contributed by atoms with Gasteiger partial charge in [0.2, 0.25) is 6.08 Å². The molecule has 0 saturated heterocycles. The van der Waals surface area contributed by atoms with Crippen LogP contribution in [0.25, 0.3) is 5.69 Å². The van der Waals surface area contributed by atoms with E-state index >= 15 is 0 Å². The van der Waals surface area contributed by atoms with E-state index in [0.717, 1.165) is 35.0 Å². The fourth-order valence-electron chi connectivity index (χ4n) is 2.47. The normalized spacial score (nSPS) is 16.5. The average Bonchev–Trinajstić information content (AvgIpc) is 2.87. The lowest BCUT2D eigenvalue weighted by atomic mass is 9.72. The second kappa shape index (κ2) is 4.76. The van der Waals surface area contributed by atoms with Crippen LogP contribution in [0, 0.1) is 0 Å². The molecule has 1 aromatic carbocycles. The van der Waals surface area contributed by atoms with Gasteiger partial charge in [-0.1, -0.05) is 6.07 Å². The van der Waals surface area contributed by atoms with Crippen molar-refractivity contribution in [3.8, 4) is 5.69 Å². The van der Waals surface area contributed by atoms with Gasteiger partial charge in [-0.05, 0) is 52.9 Å². The van der Waals surface area contributed by atoms with Crippen molar-refractivity contribution in [2.24, 2.45) is 4.99 Å². The first-order valence-corrected chi connectivity index (χ1v) is 6.92. The highest BCUT2D eigenvalue weighted by Gasteiger charge is 2.39. The zero-order chi connectivity index (χ0) is 13.3. The van der Waals surface area contributed by atoms with E-state index < -0.39 is 0 Å². The molecule has 0 atom stereocenters. The molecule has 1 heterocycles. The third-order valence-corrected chi connectivity index (χ3v) is 4.34. The molecule has 1 fully saturated rings. The van der Waals surface area contributed by atoms with E-state index in [1.165, 1.54) is 0 Å². The van der Waals surface area contributed by atoms with Gasteiger partial charge in [-0.3, -0.25) is 0 Å². The number of aromatic nitrogens is 2. The van der Waals surface area contributed by atoms with E-state index in [1.54, 1.807) is 18.6 Å². The molecule has 96 valence electrons. The maximum atomic E-state index is 10.6. The van der Waals surface area contributed by atoms with E-state index in [2.05, 4.69) is 25.9 Å². The molecule has 2 aromatic rings. The SMILES string of the molecule is O=C=NC1(c2ccc(-n3ccnc3)c(Br)c2)CCC1. The lowest BCUT2D eigenvalue weighted by Crippen LogP contribution is -2.31. The van der Waals surface area contributed by atoms with Crippen LogP contribution in [0.4, 0.5) is 0 Å². The number of halogens is 1. The highest BCUT2D eigenvalue weighted by atomic mass is 79.9. The van der Waals surface area contributed by atoms with Crippen LogP contribution in [-0.2, 0) is 10.3 Å². The van der Waals surface area contributed by atoms with Gasteiger partial charge in [0.1, 0.15) is 0 Å². The Morgan fingerprint density at radius 2 is 2.26 bits per heavy atom. The van der Waals surface area contributed by atoms with Crippen molar-refractivity contribution in [2.75, 3.05) is 0 Å². The van der Waals surface area contributed by atoms with Gasteiger partial charge in [0, 0.05) is 16.9 Å². The van der Waals surface area contributed by atoms with E-state index in [1.807, 2.05) is 29.0 Å². The van der Waals surface area contributed by atoms with Crippen molar-refractivity contribution in [3.05, 3.63) is 47.0 Å². The Balaban J connectivity index is 2.02. The maximum Gasteiger partial charge on any atom is 0.235 e. The molecule has 0 bridgehead atoms. The monoisotopic (exact) mass is 317 g/mol. The molecule has 1 aromatic heterocycles. The summed E-state index contributed by atoms with van der Waals surface area (Å²) >= 11 is 3.58. The van der Waals surface area contributed by atoms with Crippen molar-refractivity contribution in [1.29, 1.82) is 0 Å². The summed E-state index contributed by atoms with van der Waals surface area (Å²) in [7, 11) is 0. The number of rotatable bonds is 3. The molecule has 3 rings (SSSR count). The second-order valence-electron chi connectivity index (χ2n) is 4.72. The number of isocyanates is 1. The Kier molecular flexibility index (Phi) is 3.09. The molecular formula is C14H12BrN3O. The van der Waals surface area contributed by atoms with E-state index in [0.29, 0.717) is 0 Å². The van der Waals surface area contributed by atoms with Gasteiger partial charge in [0.15, 0.2) is 0 Å². The molecule has 5 heteroatoms. The van der Waals surface area contributed by atoms with Crippen LogP contribution < -0.4 is 0 Å². The largest absolute Gasteiger partial charge is 0.305 e. The van der Waals surface area contributed by atoms with Gasteiger partial charge in [-0.25, -0.2) is 9.78 Å². The molecule has 0 spiro atoms. The summed E-state index contributed by atoms with van der Waals surface area (Å²) in [5, 5.41) is 0. The average molecular weight is 318 g/mol. The predicted octanol–water partition coefficient (Wildman–Crippen LogP) is 3.35. The molecule has 1 aliphatic rings. The molecule has 1 saturated carbocycles. The van der Waals surface area contributed by atoms with Crippen molar-refractivity contribution in [3.63, 3.8) is 0 Å². The van der Waals surface area contributed by atoms with E-state index in [4.69, 9.17) is 0 Å². The third-order valence-electron chi connectivity index (χ3n) is 3.71. The molecule has 1 aliphatic carbocycles.